The van der Waals surface area contributed by atoms with Gasteiger partial charge >= 0.3 is 0 Å². The smallest absolute Gasteiger partial charge is 0.246 e. The third kappa shape index (κ3) is 4.43. The second kappa shape index (κ2) is 6.90. The summed E-state index contributed by atoms with van der Waals surface area (Å²) < 4.78 is 5.68. The molecule has 1 aromatic carbocycles. The third-order valence-electron chi connectivity index (χ3n) is 4.15. The van der Waals surface area contributed by atoms with Crippen LogP contribution in [0.4, 0.5) is 0 Å². The lowest BCUT2D eigenvalue weighted by atomic mass is 10.2. The molecule has 1 atom stereocenters. The fourth-order valence-electron chi connectivity index (χ4n) is 2.74. The van der Waals surface area contributed by atoms with Crippen LogP contribution in [-0.2, 0) is 9.53 Å². The van der Waals surface area contributed by atoms with Crippen LogP contribution in [0.2, 0.25) is 0 Å². The highest BCUT2D eigenvalue weighted by atomic mass is 16.5. The number of carbonyl (C=O) groups excluding carboxylic acids is 1. The van der Waals surface area contributed by atoms with Crippen LogP contribution in [0.5, 0.6) is 0 Å². The topological polar surface area (TPSA) is 29.5 Å². The molecule has 3 heteroatoms. The molecule has 1 aliphatic heterocycles. The van der Waals surface area contributed by atoms with Gasteiger partial charge in [0.1, 0.15) is 0 Å². The van der Waals surface area contributed by atoms with Gasteiger partial charge in [-0.1, -0.05) is 30.3 Å². The molecule has 0 spiro atoms. The second-order valence-electron chi connectivity index (χ2n) is 6.07. The monoisotopic (exact) mass is 285 g/mol. The highest BCUT2D eigenvalue weighted by Crippen LogP contribution is 2.30. The maximum Gasteiger partial charge on any atom is 0.246 e. The summed E-state index contributed by atoms with van der Waals surface area (Å²) in [6.45, 7) is 2.47. The van der Waals surface area contributed by atoms with Gasteiger partial charge in [-0.3, -0.25) is 4.79 Å². The number of carbonyl (C=O) groups is 1. The normalized spacial score (nSPS) is 21.8. The lowest BCUT2D eigenvalue weighted by molar-refractivity contribution is -0.127. The molecule has 0 aromatic heterocycles. The molecule has 21 heavy (non-hydrogen) atoms. The Kier molecular flexibility index (Phi) is 4.71. The average molecular weight is 285 g/mol. The van der Waals surface area contributed by atoms with Crippen molar-refractivity contribution in [1.29, 1.82) is 0 Å². The van der Waals surface area contributed by atoms with Crippen LogP contribution in [0, 0.1) is 5.92 Å². The number of hydrogen-bond acceptors (Lipinski definition) is 2. The highest BCUT2D eigenvalue weighted by molar-refractivity contribution is 5.91. The molecule has 3 nitrogen and oxygen atoms in total. The standard InChI is InChI=1S/C18H23NO2/c20-18(11-10-15-5-2-1-3-6-15)19(13-16-8-9-16)14-17-7-4-12-21-17/h1-3,5-6,10-11,16-17H,4,7-9,12-14H2. The Hall–Kier alpha value is -1.61. The zero-order chi connectivity index (χ0) is 14.5. The van der Waals surface area contributed by atoms with Crippen molar-refractivity contribution in [3.63, 3.8) is 0 Å². The molecule has 1 amide bonds. The number of ether oxygens (including phenoxy) is 1. The van der Waals surface area contributed by atoms with Crippen molar-refractivity contribution in [2.24, 2.45) is 5.92 Å². The van der Waals surface area contributed by atoms with Crippen molar-refractivity contribution in [1.82, 2.24) is 4.90 Å². The van der Waals surface area contributed by atoms with Crippen molar-refractivity contribution in [2.45, 2.75) is 31.8 Å². The molecule has 1 aliphatic carbocycles. The van der Waals surface area contributed by atoms with E-state index in [1.807, 2.05) is 41.3 Å². The van der Waals surface area contributed by atoms with E-state index < -0.39 is 0 Å². The Balaban J connectivity index is 1.60. The molecular weight excluding hydrogens is 262 g/mol. The first-order valence-corrected chi connectivity index (χ1v) is 7.95. The predicted molar refractivity (Wildman–Crippen MR) is 83.8 cm³/mol. The quantitative estimate of drug-likeness (QED) is 0.752. The summed E-state index contributed by atoms with van der Waals surface area (Å²) in [6, 6.07) is 9.97. The van der Waals surface area contributed by atoms with Crippen LogP contribution in [0.15, 0.2) is 36.4 Å². The number of amides is 1. The Labute approximate surface area is 126 Å². The lowest BCUT2D eigenvalue weighted by Gasteiger charge is -2.24. The van der Waals surface area contributed by atoms with E-state index in [1.54, 1.807) is 6.08 Å². The molecule has 1 saturated heterocycles. The van der Waals surface area contributed by atoms with Crippen LogP contribution in [0.3, 0.4) is 0 Å². The Morgan fingerprint density at radius 2 is 2.00 bits per heavy atom. The van der Waals surface area contributed by atoms with Gasteiger partial charge in [-0.15, -0.1) is 0 Å². The van der Waals surface area contributed by atoms with Crippen molar-refractivity contribution >= 4 is 12.0 Å². The summed E-state index contributed by atoms with van der Waals surface area (Å²) in [5, 5.41) is 0. The minimum Gasteiger partial charge on any atom is -0.376 e. The zero-order valence-electron chi connectivity index (χ0n) is 12.4. The molecule has 112 valence electrons. The Morgan fingerprint density at radius 3 is 2.67 bits per heavy atom. The number of benzene rings is 1. The van der Waals surface area contributed by atoms with Gasteiger partial charge < -0.3 is 9.64 Å². The van der Waals surface area contributed by atoms with E-state index in [2.05, 4.69) is 0 Å². The van der Waals surface area contributed by atoms with Crippen LogP contribution >= 0.6 is 0 Å². The molecule has 3 rings (SSSR count). The van der Waals surface area contributed by atoms with Gasteiger partial charge in [-0.2, -0.15) is 0 Å². The fourth-order valence-corrected chi connectivity index (χ4v) is 2.74. The molecule has 0 bridgehead atoms. The van der Waals surface area contributed by atoms with Crippen molar-refractivity contribution in [3.8, 4) is 0 Å². The maximum absolute atomic E-state index is 12.5. The van der Waals surface area contributed by atoms with Gasteiger partial charge in [0.25, 0.3) is 0 Å². The number of nitrogens with zero attached hydrogens (tertiary/aromatic N) is 1. The molecule has 2 fully saturated rings. The summed E-state index contributed by atoms with van der Waals surface area (Å²) in [4.78, 5) is 14.4. The molecule has 1 aromatic rings. The van der Waals surface area contributed by atoms with Crippen LogP contribution < -0.4 is 0 Å². The summed E-state index contributed by atoms with van der Waals surface area (Å²) in [5.41, 5.74) is 1.06. The van der Waals surface area contributed by atoms with E-state index >= 15 is 0 Å². The fraction of sp³-hybridized carbons (Fsp3) is 0.500. The van der Waals surface area contributed by atoms with Gasteiger partial charge in [0.15, 0.2) is 0 Å². The minimum atomic E-state index is 0.112. The van der Waals surface area contributed by atoms with Crippen LogP contribution in [0.25, 0.3) is 6.08 Å². The molecule has 0 radical (unpaired) electrons. The summed E-state index contributed by atoms with van der Waals surface area (Å²) in [5.74, 6) is 0.821. The summed E-state index contributed by atoms with van der Waals surface area (Å²) in [6.07, 6.45) is 8.56. The minimum absolute atomic E-state index is 0.112. The number of hydrogen-bond donors (Lipinski definition) is 0. The average Bonchev–Trinajstić information content (AvgIpc) is 3.18. The van der Waals surface area contributed by atoms with Gasteiger partial charge in [-0.25, -0.2) is 0 Å². The van der Waals surface area contributed by atoms with Gasteiger partial charge in [-0.05, 0) is 43.2 Å². The molecule has 1 unspecified atom stereocenters. The van der Waals surface area contributed by atoms with E-state index in [9.17, 15) is 4.79 Å². The molecule has 2 aliphatic rings. The van der Waals surface area contributed by atoms with Crippen molar-refractivity contribution in [3.05, 3.63) is 42.0 Å². The Bertz CT molecular complexity index is 487. The van der Waals surface area contributed by atoms with E-state index in [4.69, 9.17) is 4.74 Å². The van der Waals surface area contributed by atoms with Crippen molar-refractivity contribution in [2.75, 3.05) is 19.7 Å². The summed E-state index contributed by atoms with van der Waals surface area (Å²) >= 11 is 0. The molecular formula is C18H23NO2. The van der Waals surface area contributed by atoms with Gasteiger partial charge in [0, 0.05) is 25.8 Å². The molecule has 1 heterocycles. The number of rotatable bonds is 6. The largest absolute Gasteiger partial charge is 0.376 e. The van der Waals surface area contributed by atoms with E-state index in [1.165, 1.54) is 12.8 Å². The van der Waals surface area contributed by atoms with Crippen molar-refractivity contribution < 1.29 is 9.53 Å². The van der Waals surface area contributed by atoms with E-state index in [-0.39, 0.29) is 12.0 Å². The lowest BCUT2D eigenvalue weighted by Crippen LogP contribution is -2.37. The first-order valence-electron chi connectivity index (χ1n) is 7.95. The maximum atomic E-state index is 12.5. The van der Waals surface area contributed by atoms with E-state index in [0.717, 1.165) is 38.1 Å². The third-order valence-corrected chi connectivity index (χ3v) is 4.15. The predicted octanol–water partition coefficient (Wildman–Crippen LogP) is 3.12. The molecule has 1 saturated carbocycles. The van der Waals surface area contributed by atoms with E-state index in [0.29, 0.717) is 5.92 Å². The first kappa shape index (κ1) is 14.3. The molecule has 0 N–H and O–H groups in total. The van der Waals surface area contributed by atoms with Crippen LogP contribution in [0.1, 0.15) is 31.2 Å². The van der Waals surface area contributed by atoms with Gasteiger partial charge in [0.05, 0.1) is 6.10 Å². The Morgan fingerprint density at radius 1 is 1.19 bits per heavy atom. The summed E-state index contributed by atoms with van der Waals surface area (Å²) in [7, 11) is 0. The van der Waals surface area contributed by atoms with Crippen LogP contribution in [-0.4, -0.2) is 36.6 Å². The SMILES string of the molecule is O=C(C=Cc1ccccc1)N(CC1CC1)CC1CCCO1. The first-order chi connectivity index (χ1) is 10.3. The zero-order valence-corrected chi connectivity index (χ0v) is 12.4. The van der Waals surface area contributed by atoms with Gasteiger partial charge in [0.2, 0.25) is 5.91 Å². The highest BCUT2D eigenvalue weighted by Gasteiger charge is 2.28. The second-order valence-corrected chi connectivity index (χ2v) is 6.07.